The maximum atomic E-state index is 13.5. The van der Waals surface area contributed by atoms with Gasteiger partial charge in [0.2, 0.25) is 17.7 Å². The zero-order valence-corrected chi connectivity index (χ0v) is 24.2. The van der Waals surface area contributed by atoms with Crippen LogP contribution in [0.15, 0.2) is 30.3 Å². The van der Waals surface area contributed by atoms with E-state index < -0.39 is 6.10 Å². The quantitative estimate of drug-likeness (QED) is 0.447. The first-order chi connectivity index (χ1) is 18.5. The number of piperidine rings is 1. The van der Waals surface area contributed by atoms with Crippen molar-refractivity contribution >= 4 is 17.7 Å². The summed E-state index contributed by atoms with van der Waals surface area (Å²) in [6, 6.07) is 9.72. The lowest BCUT2D eigenvalue weighted by molar-refractivity contribution is -0.137. The van der Waals surface area contributed by atoms with Gasteiger partial charge in [0.25, 0.3) is 0 Å². The number of likely N-dealkylation sites (tertiary alicyclic amines) is 2. The summed E-state index contributed by atoms with van der Waals surface area (Å²) < 4.78 is 0. The minimum absolute atomic E-state index is 0.0311. The summed E-state index contributed by atoms with van der Waals surface area (Å²) >= 11 is 0. The van der Waals surface area contributed by atoms with Crippen molar-refractivity contribution in [1.82, 2.24) is 20.4 Å². The van der Waals surface area contributed by atoms with Crippen LogP contribution in [0.3, 0.4) is 0 Å². The molecule has 0 radical (unpaired) electrons. The minimum Gasteiger partial charge on any atom is -0.390 e. The summed E-state index contributed by atoms with van der Waals surface area (Å²) in [6.45, 7) is 7.36. The third kappa shape index (κ3) is 7.82. The number of carbonyl (C=O) groups is 3. The van der Waals surface area contributed by atoms with E-state index in [0.29, 0.717) is 31.2 Å². The number of β-amino-alcohol motifs (C(OH)–C–C–N with tert-alkyl or cyclic N) is 1. The van der Waals surface area contributed by atoms with Crippen molar-refractivity contribution in [3.8, 4) is 0 Å². The monoisotopic (exact) mass is 540 g/mol. The molecule has 4 rings (SSSR count). The predicted octanol–water partition coefficient (Wildman–Crippen LogP) is 2.74. The van der Waals surface area contributed by atoms with Crippen LogP contribution in [-0.2, 0) is 20.8 Å². The molecular formula is C31H48N4O4. The van der Waals surface area contributed by atoms with Gasteiger partial charge in [-0.2, -0.15) is 0 Å². The van der Waals surface area contributed by atoms with Gasteiger partial charge in [-0.05, 0) is 63.9 Å². The number of nitrogens with zero attached hydrogens (tertiary/aromatic N) is 2. The van der Waals surface area contributed by atoms with E-state index in [1.165, 1.54) is 25.7 Å². The Balaban J connectivity index is 1.47. The fourth-order valence-corrected chi connectivity index (χ4v) is 6.97. The average molecular weight is 541 g/mol. The second kappa shape index (κ2) is 12.8. The molecule has 3 N–H and O–H groups in total. The van der Waals surface area contributed by atoms with Gasteiger partial charge in [0, 0.05) is 50.6 Å². The molecule has 3 fully saturated rings. The van der Waals surface area contributed by atoms with Crippen molar-refractivity contribution in [2.75, 3.05) is 26.7 Å². The summed E-state index contributed by atoms with van der Waals surface area (Å²) in [7, 11) is 1.59. The van der Waals surface area contributed by atoms with E-state index in [-0.39, 0.29) is 54.2 Å². The fourth-order valence-electron chi connectivity index (χ4n) is 6.97. The number of aliphatic hydroxyl groups excluding tert-OH is 1. The normalized spacial score (nSPS) is 28.6. The summed E-state index contributed by atoms with van der Waals surface area (Å²) in [5.74, 6) is 0.561. The molecule has 2 aliphatic heterocycles. The van der Waals surface area contributed by atoms with E-state index >= 15 is 0 Å². The van der Waals surface area contributed by atoms with Crippen molar-refractivity contribution in [1.29, 1.82) is 0 Å². The molecule has 8 nitrogen and oxygen atoms in total. The first kappa shape index (κ1) is 29.5. The van der Waals surface area contributed by atoms with Crippen molar-refractivity contribution in [2.24, 2.45) is 17.8 Å². The molecule has 4 unspecified atom stereocenters. The standard InChI is InChI=1S/C31H48N4O4/c1-31(2,3)33-29(38)27-16-22-12-8-9-13-23(22)18-34(27)19-26(36)20-35-25(14-21-10-6-5-7-11-21)15-24(30(35)39)17-28(37)32-4/h5-7,10-11,22-27,36H,8-9,12-20H2,1-4H3,(H,32,37)(H,33,38)/t22-,23+,24?,25?,26?,27?/m0/s1. The number of nitrogens with one attached hydrogen (secondary N) is 2. The van der Waals surface area contributed by atoms with Crippen LogP contribution in [0, 0.1) is 17.8 Å². The number of amides is 3. The second-order valence-electron chi connectivity index (χ2n) is 13.0. The van der Waals surface area contributed by atoms with Crippen LogP contribution >= 0.6 is 0 Å². The first-order valence-corrected chi connectivity index (χ1v) is 14.8. The number of hydrogen-bond acceptors (Lipinski definition) is 5. The average Bonchev–Trinajstić information content (AvgIpc) is 3.16. The highest BCUT2D eigenvalue weighted by molar-refractivity contribution is 5.87. The number of aliphatic hydroxyl groups is 1. The van der Waals surface area contributed by atoms with Crippen LogP contribution in [0.4, 0.5) is 0 Å². The number of fused-ring (bicyclic) bond motifs is 1. The Morgan fingerprint density at radius 2 is 1.74 bits per heavy atom. The molecule has 2 heterocycles. The number of rotatable bonds is 9. The molecule has 216 valence electrons. The number of carbonyl (C=O) groups excluding carboxylic acids is 3. The Morgan fingerprint density at radius 1 is 1.05 bits per heavy atom. The molecule has 1 aromatic rings. The smallest absolute Gasteiger partial charge is 0.237 e. The van der Waals surface area contributed by atoms with Gasteiger partial charge >= 0.3 is 0 Å². The molecule has 3 aliphatic rings. The fraction of sp³-hybridized carbons (Fsp3) is 0.710. The van der Waals surface area contributed by atoms with Crippen LogP contribution in [-0.4, -0.2) is 83.0 Å². The van der Waals surface area contributed by atoms with Gasteiger partial charge in [0.15, 0.2) is 0 Å². The molecule has 1 aliphatic carbocycles. The Morgan fingerprint density at radius 3 is 2.41 bits per heavy atom. The molecular weight excluding hydrogens is 492 g/mol. The highest BCUT2D eigenvalue weighted by Gasteiger charge is 2.43. The van der Waals surface area contributed by atoms with Crippen LogP contribution in [0.2, 0.25) is 0 Å². The maximum Gasteiger partial charge on any atom is 0.237 e. The summed E-state index contributed by atoms with van der Waals surface area (Å²) in [4.78, 5) is 42.9. The van der Waals surface area contributed by atoms with Gasteiger partial charge in [0.1, 0.15) is 0 Å². The van der Waals surface area contributed by atoms with Crippen molar-refractivity contribution in [2.45, 2.75) is 95.9 Å². The van der Waals surface area contributed by atoms with E-state index in [4.69, 9.17) is 0 Å². The third-order valence-electron chi connectivity index (χ3n) is 8.81. The van der Waals surface area contributed by atoms with Crippen LogP contribution in [0.25, 0.3) is 0 Å². The molecule has 1 aromatic carbocycles. The molecule has 6 atom stereocenters. The maximum absolute atomic E-state index is 13.5. The lowest BCUT2D eigenvalue weighted by Gasteiger charge is -2.46. The van der Waals surface area contributed by atoms with Crippen LogP contribution < -0.4 is 10.6 Å². The van der Waals surface area contributed by atoms with Crippen molar-refractivity contribution in [3.05, 3.63) is 35.9 Å². The van der Waals surface area contributed by atoms with Crippen molar-refractivity contribution < 1.29 is 19.5 Å². The SMILES string of the molecule is CNC(=O)CC1CC(Cc2ccccc2)N(CC(O)CN2C[C@H]3CCCC[C@H]3CC2C(=O)NC(C)(C)C)C1=O. The minimum atomic E-state index is -0.781. The van der Waals surface area contributed by atoms with Gasteiger partial charge in [0.05, 0.1) is 12.1 Å². The Labute approximate surface area is 233 Å². The molecule has 0 aromatic heterocycles. The molecule has 2 saturated heterocycles. The molecule has 3 amide bonds. The Kier molecular flexibility index (Phi) is 9.70. The van der Waals surface area contributed by atoms with E-state index in [0.717, 1.165) is 18.5 Å². The summed E-state index contributed by atoms with van der Waals surface area (Å²) in [5.41, 5.74) is 0.811. The van der Waals surface area contributed by atoms with E-state index in [1.807, 2.05) is 39.0 Å². The lowest BCUT2D eigenvalue weighted by atomic mass is 9.72. The zero-order valence-electron chi connectivity index (χ0n) is 24.2. The van der Waals surface area contributed by atoms with Gasteiger partial charge in [-0.15, -0.1) is 0 Å². The highest BCUT2D eigenvalue weighted by Crippen LogP contribution is 2.39. The highest BCUT2D eigenvalue weighted by atomic mass is 16.3. The molecule has 1 saturated carbocycles. The number of hydrogen-bond donors (Lipinski definition) is 3. The summed E-state index contributed by atoms with van der Waals surface area (Å²) in [5, 5.41) is 17.2. The molecule has 0 bridgehead atoms. The second-order valence-corrected chi connectivity index (χ2v) is 13.0. The van der Waals surface area contributed by atoms with Gasteiger partial charge in [-0.1, -0.05) is 49.6 Å². The summed E-state index contributed by atoms with van der Waals surface area (Å²) in [6.07, 6.45) is 6.31. The topological polar surface area (TPSA) is 102 Å². The zero-order chi connectivity index (χ0) is 28.2. The van der Waals surface area contributed by atoms with E-state index in [9.17, 15) is 19.5 Å². The van der Waals surface area contributed by atoms with Crippen LogP contribution in [0.1, 0.15) is 71.3 Å². The molecule has 39 heavy (non-hydrogen) atoms. The number of benzene rings is 1. The lowest BCUT2D eigenvalue weighted by Crippen LogP contribution is -2.59. The van der Waals surface area contributed by atoms with Gasteiger partial charge < -0.3 is 20.6 Å². The first-order valence-electron chi connectivity index (χ1n) is 14.8. The molecule has 8 heteroatoms. The Bertz CT molecular complexity index is 994. The third-order valence-corrected chi connectivity index (χ3v) is 8.81. The van der Waals surface area contributed by atoms with E-state index in [1.54, 1.807) is 11.9 Å². The van der Waals surface area contributed by atoms with E-state index in [2.05, 4.69) is 27.7 Å². The molecule has 0 spiro atoms. The van der Waals surface area contributed by atoms with Crippen LogP contribution in [0.5, 0.6) is 0 Å². The van der Waals surface area contributed by atoms with Gasteiger partial charge in [-0.25, -0.2) is 0 Å². The van der Waals surface area contributed by atoms with Gasteiger partial charge in [-0.3, -0.25) is 19.3 Å². The predicted molar refractivity (Wildman–Crippen MR) is 152 cm³/mol. The largest absolute Gasteiger partial charge is 0.390 e. The van der Waals surface area contributed by atoms with Crippen molar-refractivity contribution in [3.63, 3.8) is 0 Å². The Hall–Kier alpha value is -2.45.